The number of ether oxygens (including phenoxy) is 1. The summed E-state index contributed by atoms with van der Waals surface area (Å²) >= 11 is 1.60. The van der Waals surface area contributed by atoms with Crippen LogP contribution in [0.5, 0.6) is 5.75 Å². The molecule has 0 bridgehead atoms. The maximum atomic E-state index is 11.8. The van der Waals surface area contributed by atoms with Gasteiger partial charge in [-0.2, -0.15) is 0 Å². The van der Waals surface area contributed by atoms with Gasteiger partial charge in [-0.05, 0) is 38.0 Å². The predicted octanol–water partition coefficient (Wildman–Crippen LogP) is 3.15. The minimum Gasteiger partial charge on any atom is -0.493 e. The predicted molar refractivity (Wildman–Crippen MR) is 84.7 cm³/mol. The van der Waals surface area contributed by atoms with Gasteiger partial charge in [-0.25, -0.2) is 4.98 Å². The molecule has 2 rings (SSSR count). The third-order valence-corrected chi connectivity index (χ3v) is 3.97. The van der Waals surface area contributed by atoms with Gasteiger partial charge in [0, 0.05) is 11.1 Å². The fourth-order valence-electron chi connectivity index (χ4n) is 1.88. The molecule has 1 aromatic heterocycles. The molecule has 1 N–H and O–H groups in total. The number of carbonyl (C=O) groups excluding carboxylic acids is 1. The van der Waals surface area contributed by atoms with E-state index >= 15 is 0 Å². The molecule has 0 saturated heterocycles. The lowest BCUT2D eigenvalue weighted by Gasteiger charge is -2.10. The van der Waals surface area contributed by atoms with Crippen LogP contribution < -0.4 is 10.1 Å². The van der Waals surface area contributed by atoms with Crippen LogP contribution in [0.3, 0.4) is 0 Å². The molecule has 0 saturated carbocycles. The molecule has 0 radical (unpaired) electrons. The van der Waals surface area contributed by atoms with Crippen LogP contribution in [-0.4, -0.2) is 17.5 Å². The van der Waals surface area contributed by atoms with Gasteiger partial charge in [-0.1, -0.05) is 12.1 Å². The Balaban J connectivity index is 1.73. The fraction of sp³-hybridized carbons (Fsp3) is 0.375. The lowest BCUT2D eigenvalue weighted by Crippen LogP contribution is -2.24. The number of aryl methyl sites for hydroxylation is 3. The van der Waals surface area contributed by atoms with E-state index in [0.717, 1.165) is 26.8 Å². The average molecular weight is 304 g/mol. The highest BCUT2D eigenvalue weighted by Crippen LogP contribution is 2.19. The van der Waals surface area contributed by atoms with E-state index in [2.05, 4.69) is 10.3 Å². The Labute approximate surface area is 129 Å². The van der Waals surface area contributed by atoms with Crippen molar-refractivity contribution in [1.82, 2.24) is 10.3 Å². The minimum atomic E-state index is -0.00800. The topological polar surface area (TPSA) is 51.2 Å². The molecule has 0 aliphatic heterocycles. The number of carbonyl (C=O) groups is 1. The number of hydrogen-bond acceptors (Lipinski definition) is 4. The summed E-state index contributed by atoms with van der Waals surface area (Å²) in [5.74, 6) is 0.840. The first-order chi connectivity index (χ1) is 10.0. The Morgan fingerprint density at radius 2 is 2.14 bits per heavy atom. The molecule has 5 heteroatoms. The van der Waals surface area contributed by atoms with Crippen molar-refractivity contribution in [2.75, 3.05) is 6.61 Å². The van der Waals surface area contributed by atoms with Crippen LogP contribution in [0.25, 0.3) is 0 Å². The second-order valence-corrected chi connectivity index (χ2v) is 6.31. The van der Waals surface area contributed by atoms with Gasteiger partial charge in [0.15, 0.2) is 0 Å². The zero-order valence-corrected chi connectivity index (χ0v) is 13.4. The first kappa shape index (κ1) is 15.5. The van der Waals surface area contributed by atoms with Crippen molar-refractivity contribution in [2.24, 2.45) is 0 Å². The number of nitrogens with one attached hydrogen (secondary N) is 1. The second-order valence-electron chi connectivity index (χ2n) is 4.99. The number of hydrogen-bond donors (Lipinski definition) is 1. The third-order valence-electron chi connectivity index (χ3n) is 3.06. The maximum Gasteiger partial charge on any atom is 0.223 e. The Morgan fingerprint density at radius 1 is 1.33 bits per heavy atom. The number of amides is 1. The monoisotopic (exact) mass is 304 g/mol. The molecule has 112 valence electrons. The van der Waals surface area contributed by atoms with Crippen LogP contribution in [0.15, 0.2) is 24.4 Å². The van der Waals surface area contributed by atoms with E-state index in [4.69, 9.17) is 4.74 Å². The van der Waals surface area contributed by atoms with E-state index < -0.39 is 0 Å². The van der Waals surface area contributed by atoms with E-state index in [0.29, 0.717) is 19.6 Å². The van der Waals surface area contributed by atoms with Crippen LogP contribution in [0.4, 0.5) is 0 Å². The first-order valence-corrected chi connectivity index (χ1v) is 7.74. The molecule has 1 heterocycles. The van der Waals surface area contributed by atoms with Crippen molar-refractivity contribution >= 4 is 17.2 Å². The highest BCUT2D eigenvalue weighted by Gasteiger charge is 2.05. The summed E-state index contributed by atoms with van der Waals surface area (Å²) in [5, 5.41) is 3.89. The second kappa shape index (κ2) is 7.22. The van der Waals surface area contributed by atoms with Gasteiger partial charge in [0.2, 0.25) is 5.91 Å². The molecule has 1 amide bonds. The molecule has 0 unspecified atom stereocenters. The van der Waals surface area contributed by atoms with Crippen LogP contribution in [-0.2, 0) is 11.3 Å². The summed E-state index contributed by atoms with van der Waals surface area (Å²) in [5.41, 5.74) is 2.24. The third kappa shape index (κ3) is 4.86. The molecule has 0 fully saturated rings. The number of thiazole rings is 1. The summed E-state index contributed by atoms with van der Waals surface area (Å²) < 4.78 is 5.67. The summed E-state index contributed by atoms with van der Waals surface area (Å²) in [4.78, 5) is 17.0. The molecule has 0 aliphatic carbocycles. The van der Waals surface area contributed by atoms with E-state index in [1.807, 2.05) is 39.0 Å². The number of benzene rings is 1. The SMILES string of the molecule is Cc1ccc(C)c(OCCC(=O)NCc2cnc(C)s2)c1. The summed E-state index contributed by atoms with van der Waals surface area (Å²) in [6.45, 7) is 6.90. The first-order valence-electron chi connectivity index (χ1n) is 6.92. The molecule has 0 atom stereocenters. The normalized spacial score (nSPS) is 10.4. The Bertz CT molecular complexity index is 622. The molecular formula is C16H20N2O2S. The summed E-state index contributed by atoms with van der Waals surface area (Å²) in [7, 11) is 0. The lowest BCUT2D eigenvalue weighted by atomic mass is 10.1. The molecule has 0 spiro atoms. The van der Waals surface area contributed by atoms with Gasteiger partial charge in [0.1, 0.15) is 5.75 Å². The van der Waals surface area contributed by atoms with Crippen molar-refractivity contribution < 1.29 is 9.53 Å². The standard InChI is InChI=1S/C16H20N2O2S/c1-11-4-5-12(2)15(8-11)20-7-6-16(19)18-10-14-9-17-13(3)21-14/h4-5,8-9H,6-7,10H2,1-3H3,(H,18,19). The number of aromatic nitrogens is 1. The molecule has 2 aromatic rings. The average Bonchev–Trinajstić information content (AvgIpc) is 2.86. The van der Waals surface area contributed by atoms with Crippen molar-refractivity contribution in [3.05, 3.63) is 45.4 Å². The van der Waals surface area contributed by atoms with Gasteiger partial charge in [0.05, 0.1) is 24.6 Å². The largest absolute Gasteiger partial charge is 0.493 e. The van der Waals surface area contributed by atoms with Crippen molar-refractivity contribution in [3.63, 3.8) is 0 Å². The summed E-state index contributed by atoms with van der Waals surface area (Å²) in [6, 6.07) is 6.07. The molecule has 1 aromatic carbocycles. The highest BCUT2D eigenvalue weighted by atomic mass is 32.1. The van der Waals surface area contributed by atoms with E-state index in [1.54, 1.807) is 17.5 Å². The van der Waals surface area contributed by atoms with Gasteiger partial charge in [0.25, 0.3) is 0 Å². The van der Waals surface area contributed by atoms with Crippen LogP contribution in [0, 0.1) is 20.8 Å². The van der Waals surface area contributed by atoms with Crippen molar-refractivity contribution in [3.8, 4) is 5.75 Å². The number of rotatable bonds is 6. The van der Waals surface area contributed by atoms with Gasteiger partial charge < -0.3 is 10.1 Å². The quantitative estimate of drug-likeness (QED) is 0.892. The Morgan fingerprint density at radius 3 is 2.86 bits per heavy atom. The number of nitrogens with zero attached hydrogens (tertiary/aromatic N) is 1. The highest BCUT2D eigenvalue weighted by molar-refractivity contribution is 7.11. The van der Waals surface area contributed by atoms with Gasteiger partial charge >= 0.3 is 0 Å². The zero-order chi connectivity index (χ0) is 15.2. The van der Waals surface area contributed by atoms with E-state index in [9.17, 15) is 4.79 Å². The van der Waals surface area contributed by atoms with Gasteiger partial charge in [-0.15, -0.1) is 11.3 Å². The fourth-order valence-corrected chi connectivity index (χ4v) is 2.61. The summed E-state index contributed by atoms with van der Waals surface area (Å²) in [6.07, 6.45) is 2.15. The van der Waals surface area contributed by atoms with Gasteiger partial charge in [-0.3, -0.25) is 4.79 Å². The molecule has 21 heavy (non-hydrogen) atoms. The molecular weight excluding hydrogens is 284 g/mol. The maximum absolute atomic E-state index is 11.8. The van der Waals surface area contributed by atoms with Crippen molar-refractivity contribution in [2.45, 2.75) is 33.7 Å². The Hall–Kier alpha value is -1.88. The minimum absolute atomic E-state index is 0.00800. The lowest BCUT2D eigenvalue weighted by molar-refractivity contribution is -0.121. The molecule has 0 aliphatic rings. The van der Waals surface area contributed by atoms with Crippen molar-refractivity contribution in [1.29, 1.82) is 0 Å². The Kier molecular flexibility index (Phi) is 5.33. The van der Waals surface area contributed by atoms with Crippen LogP contribution >= 0.6 is 11.3 Å². The molecule has 4 nitrogen and oxygen atoms in total. The zero-order valence-electron chi connectivity index (χ0n) is 12.6. The van der Waals surface area contributed by atoms with E-state index in [-0.39, 0.29) is 5.91 Å². The van der Waals surface area contributed by atoms with Crippen LogP contribution in [0.2, 0.25) is 0 Å². The van der Waals surface area contributed by atoms with E-state index in [1.165, 1.54) is 0 Å². The van der Waals surface area contributed by atoms with Crippen LogP contribution in [0.1, 0.15) is 27.4 Å². The smallest absolute Gasteiger partial charge is 0.223 e.